The van der Waals surface area contributed by atoms with E-state index in [1.807, 2.05) is 30.3 Å². The van der Waals surface area contributed by atoms with Crippen molar-refractivity contribution < 1.29 is 14.0 Å². The number of hydrogen-bond donors (Lipinski definition) is 2. The predicted molar refractivity (Wildman–Crippen MR) is 102 cm³/mol. The second-order valence-corrected chi connectivity index (χ2v) is 6.58. The zero-order valence-corrected chi connectivity index (χ0v) is 14.6. The van der Waals surface area contributed by atoms with Crippen LogP contribution in [0.3, 0.4) is 0 Å². The van der Waals surface area contributed by atoms with E-state index in [1.54, 1.807) is 24.3 Å². The van der Waals surface area contributed by atoms with Crippen molar-refractivity contribution in [3.63, 3.8) is 0 Å². The Hall–Kier alpha value is -3.41. The van der Waals surface area contributed by atoms with E-state index in [9.17, 15) is 9.59 Å². The maximum Gasteiger partial charge on any atom is 0.230 e. The lowest BCUT2D eigenvalue weighted by Gasteiger charge is -2.07. The number of aromatic nitrogens is 1. The fraction of sp³-hybridized carbons (Fsp3) is 0.190. The van der Waals surface area contributed by atoms with Crippen molar-refractivity contribution in [2.24, 2.45) is 5.92 Å². The van der Waals surface area contributed by atoms with E-state index in [4.69, 9.17) is 4.42 Å². The van der Waals surface area contributed by atoms with Crippen LogP contribution in [0.2, 0.25) is 0 Å². The van der Waals surface area contributed by atoms with Gasteiger partial charge in [-0.25, -0.2) is 4.98 Å². The summed E-state index contributed by atoms with van der Waals surface area (Å²) in [4.78, 5) is 28.3. The highest BCUT2D eigenvalue weighted by atomic mass is 16.3. The van der Waals surface area contributed by atoms with Crippen LogP contribution in [0.15, 0.2) is 65.3 Å². The molecule has 1 aromatic heterocycles. The molecule has 1 saturated carbocycles. The first-order chi connectivity index (χ1) is 13.2. The van der Waals surface area contributed by atoms with Gasteiger partial charge in [0.25, 0.3) is 0 Å². The maximum atomic E-state index is 12.2. The molecule has 0 aliphatic heterocycles. The van der Waals surface area contributed by atoms with E-state index in [-0.39, 0.29) is 24.2 Å². The molecule has 2 aromatic carbocycles. The lowest BCUT2D eigenvalue weighted by Crippen LogP contribution is -2.15. The number of rotatable bonds is 6. The molecule has 1 aliphatic rings. The highest BCUT2D eigenvalue weighted by Gasteiger charge is 2.29. The molecule has 0 saturated heterocycles. The minimum absolute atomic E-state index is 0.0621. The van der Waals surface area contributed by atoms with Gasteiger partial charge in [0, 0.05) is 22.9 Å². The van der Waals surface area contributed by atoms with Gasteiger partial charge < -0.3 is 15.1 Å². The molecule has 6 nitrogen and oxygen atoms in total. The van der Waals surface area contributed by atoms with Gasteiger partial charge >= 0.3 is 0 Å². The third-order valence-electron chi connectivity index (χ3n) is 4.30. The Morgan fingerprint density at radius 3 is 2.30 bits per heavy atom. The number of carbonyl (C=O) groups is 2. The van der Waals surface area contributed by atoms with E-state index >= 15 is 0 Å². The van der Waals surface area contributed by atoms with Gasteiger partial charge in [0.1, 0.15) is 6.26 Å². The van der Waals surface area contributed by atoms with E-state index in [1.165, 1.54) is 6.26 Å². The highest BCUT2D eigenvalue weighted by Crippen LogP contribution is 2.30. The van der Waals surface area contributed by atoms with E-state index < -0.39 is 0 Å². The number of benzene rings is 2. The lowest BCUT2D eigenvalue weighted by molar-refractivity contribution is -0.117. The van der Waals surface area contributed by atoms with E-state index in [0.717, 1.165) is 24.1 Å². The molecular weight excluding hydrogens is 342 g/mol. The topological polar surface area (TPSA) is 84.2 Å². The molecule has 0 bridgehead atoms. The molecule has 27 heavy (non-hydrogen) atoms. The van der Waals surface area contributed by atoms with Crippen LogP contribution >= 0.6 is 0 Å². The predicted octanol–water partition coefficient (Wildman–Crippen LogP) is 3.87. The number of nitrogens with one attached hydrogen (secondary N) is 2. The molecular formula is C21H19N3O3. The molecule has 1 fully saturated rings. The molecule has 0 atom stereocenters. The normalized spacial score (nSPS) is 13.2. The summed E-state index contributed by atoms with van der Waals surface area (Å²) in [5.74, 6) is 0.534. The first kappa shape index (κ1) is 17.0. The van der Waals surface area contributed by atoms with Gasteiger partial charge in [0.05, 0.1) is 12.1 Å². The van der Waals surface area contributed by atoms with Crippen molar-refractivity contribution in [2.45, 2.75) is 19.3 Å². The quantitative estimate of drug-likeness (QED) is 0.698. The van der Waals surface area contributed by atoms with E-state index in [2.05, 4.69) is 15.6 Å². The Bertz CT molecular complexity index is 944. The number of oxazole rings is 1. The second kappa shape index (κ2) is 7.45. The summed E-state index contributed by atoms with van der Waals surface area (Å²) in [6.07, 6.45) is 3.55. The summed E-state index contributed by atoms with van der Waals surface area (Å²) in [7, 11) is 0. The third-order valence-corrected chi connectivity index (χ3v) is 4.30. The molecule has 1 aliphatic carbocycles. The highest BCUT2D eigenvalue weighted by molar-refractivity contribution is 5.95. The summed E-state index contributed by atoms with van der Waals surface area (Å²) < 4.78 is 5.45. The van der Waals surface area contributed by atoms with Crippen molar-refractivity contribution in [3.8, 4) is 11.5 Å². The minimum Gasteiger partial charge on any atom is -0.444 e. The van der Waals surface area contributed by atoms with Crippen LogP contribution in [0.25, 0.3) is 11.5 Å². The van der Waals surface area contributed by atoms with Crippen LogP contribution < -0.4 is 10.6 Å². The maximum absolute atomic E-state index is 12.2. The fourth-order valence-electron chi connectivity index (χ4n) is 2.70. The number of hydrogen-bond acceptors (Lipinski definition) is 4. The van der Waals surface area contributed by atoms with Crippen molar-refractivity contribution in [3.05, 3.63) is 66.6 Å². The average molecular weight is 361 g/mol. The van der Waals surface area contributed by atoms with Crippen LogP contribution in [0.4, 0.5) is 11.4 Å². The first-order valence-electron chi connectivity index (χ1n) is 8.88. The Morgan fingerprint density at radius 2 is 1.63 bits per heavy atom. The summed E-state index contributed by atoms with van der Waals surface area (Å²) >= 11 is 0. The summed E-state index contributed by atoms with van der Waals surface area (Å²) in [5.41, 5.74) is 2.83. The van der Waals surface area contributed by atoms with Crippen molar-refractivity contribution in [2.75, 3.05) is 10.6 Å². The lowest BCUT2D eigenvalue weighted by atomic mass is 10.2. The zero-order valence-electron chi connectivity index (χ0n) is 14.6. The standard InChI is InChI=1S/C21H19N3O3/c25-19(12-18-13-27-21(24-18)15-4-2-1-3-5-15)22-16-8-10-17(11-9-16)23-20(26)14-6-7-14/h1-5,8-11,13-14H,6-7,12H2,(H,22,25)(H,23,26). The van der Waals surface area contributed by atoms with Gasteiger partial charge in [-0.1, -0.05) is 18.2 Å². The Labute approximate surface area is 156 Å². The molecule has 0 radical (unpaired) electrons. The van der Waals surface area contributed by atoms with Gasteiger partial charge in [-0.2, -0.15) is 0 Å². The third kappa shape index (κ3) is 4.41. The molecule has 2 amide bonds. The van der Waals surface area contributed by atoms with Crippen LogP contribution in [-0.4, -0.2) is 16.8 Å². The number of nitrogens with zero attached hydrogens (tertiary/aromatic N) is 1. The Morgan fingerprint density at radius 1 is 0.963 bits per heavy atom. The van der Waals surface area contributed by atoms with Crippen molar-refractivity contribution in [1.29, 1.82) is 0 Å². The number of anilines is 2. The smallest absolute Gasteiger partial charge is 0.230 e. The van der Waals surface area contributed by atoms with Gasteiger partial charge in [-0.05, 0) is 49.2 Å². The summed E-state index contributed by atoms with van der Waals surface area (Å²) in [6.45, 7) is 0. The molecule has 1 heterocycles. The summed E-state index contributed by atoms with van der Waals surface area (Å²) in [6, 6.07) is 16.6. The van der Waals surface area contributed by atoms with Gasteiger partial charge in [-0.15, -0.1) is 0 Å². The molecule has 0 unspecified atom stereocenters. The SMILES string of the molecule is O=C(Cc1coc(-c2ccccc2)n1)Nc1ccc(NC(=O)C2CC2)cc1. The zero-order chi connectivity index (χ0) is 18.6. The van der Waals surface area contributed by atoms with Crippen LogP contribution in [0.1, 0.15) is 18.5 Å². The van der Waals surface area contributed by atoms with Crippen LogP contribution in [0.5, 0.6) is 0 Å². The molecule has 4 rings (SSSR count). The molecule has 3 aromatic rings. The van der Waals surface area contributed by atoms with Crippen LogP contribution in [-0.2, 0) is 16.0 Å². The second-order valence-electron chi connectivity index (χ2n) is 6.58. The Balaban J connectivity index is 1.32. The Kier molecular flexibility index (Phi) is 4.70. The van der Waals surface area contributed by atoms with Crippen LogP contribution in [0, 0.1) is 5.92 Å². The monoisotopic (exact) mass is 361 g/mol. The summed E-state index contributed by atoms with van der Waals surface area (Å²) in [5, 5.41) is 5.69. The number of carbonyl (C=O) groups excluding carboxylic acids is 2. The molecule has 0 spiro atoms. The fourth-order valence-corrected chi connectivity index (χ4v) is 2.70. The van der Waals surface area contributed by atoms with Gasteiger partial charge in [0.2, 0.25) is 17.7 Å². The van der Waals surface area contributed by atoms with Crippen molar-refractivity contribution in [1.82, 2.24) is 4.98 Å². The average Bonchev–Trinajstić information content (AvgIpc) is 3.44. The van der Waals surface area contributed by atoms with E-state index in [0.29, 0.717) is 17.3 Å². The molecule has 6 heteroatoms. The largest absolute Gasteiger partial charge is 0.444 e. The minimum atomic E-state index is -0.183. The molecule has 2 N–H and O–H groups in total. The first-order valence-corrected chi connectivity index (χ1v) is 8.88. The molecule has 136 valence electrons. The van der Waals surface area contributed by atoms with Gasteiger partial charge in [0.15, 0.2) is 0 Å². The number of amides is 2. The van der Waals surface area contributed by atoms with Crippen molar-refractivity contribution >= 4 is 23.2 Å². The van der Waals surface area contributed by atoms with Gasteiger partial charge in [-0.3, -0.25) is 9.59 Å².